The molecule has 12 heteroatoms. The lowest BCUT2D eigenvalue weighted by Gasteiger charge is -2.59. The molecule has 4 aliphatic rings. The molecule has 0 bridgehead atoms. The Balaban J connectivity index is 1.25. The summed E-state index contributed by atoms with van der Waals surface area (Å²) < 4.78 is 10.8. The van der Waals surface area contributed by atoms with E-state index in [0.717, 1.165) is 38.5 Å². The maximum absolute atomic E-state index is 13.5. The number of allylic oxidation sites excluding steroid dienone is 3. The smallest absolute Gasteiger partial charge is 0.329 e. The van der Waals surface area contributed by atoms with Crippen LogP contribution in [0.1, 0.15) is 103 Å². The van der Waals surface area contributed by atoms with Gasteiger partial charge in [-0.05, 0) is 115 Å². The van der Waals surface area contributed by atoms with E-state index in [0.29, 0.717) is 41.9 Å². The Morgan fingerprint density at radius 2 is 1.87 bits per heavy atom. The number of carbonyl (C=O) groups excluding carboxylic acids is 1. The van der Waals surface area contributed by atoms with Crippen LogP contribution in [0.3, 0.4) is 0 Å². The van der Waals surface area contributed by atoms with E-state index >= 15 is 0 Å². The number of carboxylic acids is 2. The number of aliphatic carboxylic acids is 2. The van der Waals surface area contributed by atoms with Crippen molar-refractivity contribution in [3.63, 3.8) is 0 Å². The van der Waals surface area contributed by atoms with Gasteiger partial charge in [0, 0.05) is 6.42 Å². The zero-order valence-corrected chi connectivity index (χ0v) is 27.9. The summed E-state index contributed by atoms with van der Waals surface area (Å²) >= 11 is 0. The number of hydroxylamine groups is 1. The van der Waals surface area contributed by atoms with Crippen molar-refractivity contribution in [2.75, 3.05) is 0 Å². The van der Waals surface area contributed by atoms with E-state index in [4.69, 9.17) is 9.37 Å². The molecule has 0 aliphatic heterocycles. The quantitative estimate of drug-likeness (QED) is 0.100. The van der Waals surface area contributed by atoms with Crippen LogP contribution in [0.15, 0.2) is 29.4 Å². The lowest BCUT2D eigenvalue weighted by molar-refractivity contribution is -0.161. The summed E-state index contributed by atoms with van der Waals surface area (Å²) in [4.78, 5) is 36.5. The number of hydrogen-bond acceptors (Lipinski definition) is 10. The van der Waals surface area contributed by atoms with Crippen molar-refractivity contribution >= 4 is 29.3 Å². The Kier molecular flexibility index (Phi) is 10.2. The average Bonchev–Trinajstić information content (AvgIpc) is 3.66. The van der Waals surface area contributed by atoms with Crippen LogP contribution >= 0.6 is 0 Å². The second kappa shape index (κ2) is 13.8. The molecule has 0 saturated heterocycles. The zero-order chi connectivity index (χ0) is 34.1. The Morgan fingerprint density at radius 1 is 1.13 bits per heavy atom. The molecule has 0 spiro atoms. The van der Waals surface area contributed by atoms with Gasteiger partial charge in [-0.3, -0.25) is 20.3 Å². The first-order valence-electron chi connectivity index (χ1n) is 17.0. The second-order valence-electron chi connectivity index (χ2n) is 14.8. The number of hydrogen-bond donors (Lipinski definition) is 5. The second-order valence-corrected chi connectivity index (χ2v) is 14.8. The molecule has 0 amide bonds. The molecule has 1 aromatic rings. The van der Waals surface area contributed by atoms with Gasteiger partial charge < -0.3 is 20.3 Å². The van der Waals surface area contributed by atoms with Crippen molar-refractivity contribution in [3.05, 3.63) is 36.2 Å². The Labute approximate surface area is 276 Å². The van der Waals surface area contributed by atoms with Gasteiger partial charge in [0.2, 0.25) is 0 Å². The van der Waals surface area contributed by atoms with E-state index in [1.807, 2.05) is 5.48 Å². The van der Waals surface area contributed by atoms with Gasteiger partial charge in [0.25, 0.3) is 0 Å². The van der Waals surface area contributed by atoms with Crippen molar-refractivity contribution in [3.8, 4) is 0 Å². The van der Waals surface area contributed by atoms with Gasteiger partial charge in [-0.1, -0.05) is 45.6 Å². The van der Waals surface area contributed by atoms with Crippen LogP contribution < -0.4 is 10.8 Å². The van der Waals surface area contributed by atoms with Crippen LogP contribution in [0.2, 0.25) is 0 Å². The summed E-state index contributed by atoms with van der Waals surface area (Å²) in [5, 5.41) is 38.7. The maximum atomic E-state index is 13.5. The summed E-state index contributed by atoms with van der Waals surface area (Å²) in [6, 6.07) is -1.19. The molecule has 5 rings (SSSR count). The number of fused-ring (bicyclic) bond motifs is 5. The lowest BCUT2D eigenvalue weighted by Crippen LogP contribution is -2.53. The molecule has 1 aromatic heterocycles. The molecule has 0 radical (unpaired) electrons. The Morgan fingerprint density at radius 3 is 2.55 bits per heavy atom. The minimum atomic E-state index is -1.19. The number of rotatable bonds is 13. The number of nitrogens with one attached hydrogen (secondary N) is 2. The fourth-order valence-corrected chi connectivity index (χ4v) is 9.90. The number of ether oxygens (including phenoxy) is 1. The van der Waals surface area contributed by atoms with Crippen molar-refractivity contribution < 1.29 is 39.2 Å². The molecular formula is C35H50N4O8. The number of carbonyl (C=O) groups is 3. The van der Waals surface area contributed by atoms with Crippen molar-refractivity contribution in [1.82, 2.24) is 21.1 Å². The molecule has 5 N–H and O–H groups in total. The minimum Gasteiger partial charge on any atom is -0.481 e. The number of esters is 1. The highest BCUT2D eigenvalue weighted by Gasteiger charge is 2.59. The average molecular weight is 655 g/mol. The fraction of sp³-hybridized carbons (Fsp3) is 0.686. The summed E-state index contributed by atoms with van der Waals surface area (Å²) in [5.74, 6) is 0.368. The van der Waals surface area contributed by atoms with E-state index in [1.54, 1.807) is 13.0 Å². The van der Waals surface area contributed by atoms with Crippen molar-refractivity contribution in [2.45, 2.75) is 104 Å². The fourth-order valence-electron chi connectivity index (χ4n) is 9.90. The summed E-state index contributed by atoms with van der Waals surface area (Å²) in [6.45, 7) is 12.4. The predicted molar refractivity (Wildman–Crippen MR) is 172 cm³/mol. The van der Waals surface area contributed by atoms with Gasteiger partial charge in [0.15, 0.2) is 11.4 Å². The normalized spacial score (nSPS) is 34.3. The van der Waals surface area contributed by atoms with Gasteiger partial charge >= 0.3 is 17.9 Å². The van der Waals surface area contributed by atoms with Gasteiger partial charge in [-0.25, -0.2) is 9.42 Å². The van der Waals surface area contributed by atoms with Gasteiger partial charge in [-0.15, -0.1) is 0 Å². The first kappa shape index (κ1) is 34.7. The predicted octanol–water partition coefficient (Wildman–Crippen LogP) is 5.66. The number of aromatic nitrogens is 2. The first-order valence-corrected chi connectivity index (χ1v) is 17.0. The number of carboxylic acid groups (broad SMARTS) is 2. The van der Waals surface area contributed by atoms with E-state index in [2.05, 4.69) is 55.1 Å². The molecule has 4 aliphatic carbocycles. The zero-order valence-electron chi connectivity index (χ0n) is 27.9. The molecule has 258 valence electrons. The lowest BCUT2D eigenvalue weighted by atomic mass is 9.46. The van der Waals surface area contributed by atoms with E-state index in [-0.39, 0.29) is 46.1 Å². The van der Waals surface area contributed by atoms with Gasteiger partial charge in [0.1, 0.15) is 12.1 Å². The van der Waals surface area contributed by atoms with Crippen LogP contribution in [0, 0.1) is 46.3 Å². The van der Waals surface area contributed by atoms with Crippen LogP contribution in [0.25, 0.3) is 11.4 Å². The largest absolute Gasteiger partial charge is 0.481 e. The summed E-state index contributed by atoms with van der Waals surface area (Å²) in [7, 11) is 0. The maximum Gasteiger partial charge on any atom is 0.329 e. The molecular weight excluding hydrogens is 604 g/mol. The first-order chi connectivity index (χ1) is 22.3. The third-order valence-corrected chi connectivity index (χ3v) is 12.4. The molecule has 1 unspecified atom stereocenters. The summed E-state index contributed by atoms with van der Waals surface area (Å²) in [5.41, 5.74) is 2.66. The Hall–Kier alpha value is -3.67. The highest BCUT2D eigenvalue weighted by molar-refractivity contribution is 5.84. The third kappa shape index (κ3) is 6.71. The molecule has 3 saturated carbocycles. The molecule has 0 aromatic carbocycles. The SMILES string of the molecule is C=C(NO)c1nonc1/C(=C\C)N[C@@H](CC(=O)O)C(=O)O[C@@H]1CC[C@@]2(C)[C@H](CC[C@@H]3[C@@H]2C=C[C@]2(C)C([C@H](C)CCC(=O)O)CC[C@@H]32)C1. The van der Waals surface area contributed by atoms with E-state index in [9.17, 15) is 29.8 Å². The van der Waals surface area contributed by atoms with Crippen LogP contribution in [-0.2, 0) is 19.1 Å². The van der Waals surface area contributed by atoms with E-state index in [1.165, 1.54) is 6.42 Å². The Bertz CT molecular complexity index is 1420. The third-order valence-electron chi connectivity index (χ3n) is 12.4. The van der Waals surface area contributed by atoms with Gasteiger partial charge in [0.05, 0.1) is 17.8 Å². The van der Waals surface area contributed by atoms with Gasteiger partial charge in [-0.2, -0.15) is 0 Å². The highest BCUT2D eigenvalue weighted by Crippen LogP contribution is 2.66. The number of nitrogens with zero attached hydrogens (tertiary/aromatic N) is 2. The molecule has 47 heavy (non-hydrogen) atoms. The molecule has 10 atom stereocenters. The molecule has 3 fully saturated rings. The topological polar surface area (TPSA) is 184 Å². The van der Waals surface area contributed by atoms with E-state index < -0.39 is 30.4 Å². The molecule has 12 nitrogen and oxygen atoms in total. The van der Waals surface area contributed by atoms with Crippen LogP contribution in [0.5, 0.6) is 0 Å². The minimum absolute atomic E-state index is 0.0234. The van der Waals surface area contributed by atoms with Crippen LogP contribution in [-0.4, -0.2) is 55.8 Å². The van der Waals surface area contributed by atoms with Crippen LogP contribution in [0.4, 0.5) is 0 Å². The van der Waals surface area contributed by atoms with Crippen molar-refractivity contribution in [2.24, 2.45) is 46.3 Å². The molecule has 1 heterocycles. The van der Waals surface area contributed by atoms with Crippen molar-refractivity contribution in [1.29, 1.82) is 0 Å². The standard InChI is InChI=1S/C35H50N4O8/c1-6-27(32-31(20(3)37-45)38-47-39-32)36-28(18-30(42)43)33(44)46-22-13-15-34(4)21(17-22)8-9-23-25-11-10-24(19(2)7-12-29(40)41)35(25,5)16-14-26(23)34/h6,14,16,19,21-26,28,36-37,45H,3,7-13,15,17-18H2,1-2,4-5H3,(H,40,41)(H,42,43)/b27-6+/t19-,21-,22-,23+,24?,25+,26+,28+,34+,35-/m1/s1. The summed E-state index contributed by atoms with van der Waals surface area (Å²) in [6.07, 6.45) is 13.6. The highest BCUT2D eigenvalue weighted by atomic mass is 16.6. The monoisotopic (exact) mass is 654 g/mol.